The Morgan fingerprint density at radius 3 is 2.70 bits per heavy atom. The van der Waals surface area contributed by atoms with Gasteiger partial charge in [0.15, 0.2) is 11.6 Å². The molecule has 1 aliphatic heterocycles. The first-order chi connectivity index (χ1) is 19.2. The molecule has 3 aromatic rings. The zero-order valence-corrected chi connectivity index (χ0v) is 21.5. The van der Waals surface area contributed by atoms with Gasteiger partial charge in [-0.1, -0.05) is 6.07 Å². The predicted octanol–water partition coefficient (Wildman–Crippen LogP) is 4.71. The number of amides is 2. The lowest BCUT2D eigenvalue weighted by molar-refractivity contribution is 0.102. The highest BCUT2D eigenvalue weighted by Crippen LogP contribution is 2.41. The van der Waals surface area contributed by atoms with E-state index in [-0.39, 0.29) is 53.6 Å². The number of halogens is 2. The number of nitrogens with one attached hydrogen (secondary N) is 1. The molecule has 2 unspecified atom stereocenters. The third-order valence-electron chi connectivity index (χ3n) is 7.26. The van der Waals surface area contributed by atoms with E-state index in [9.17, 15) is 28.7 Å². The molecule has 0 bridgehead atoms. The molecule has 2 heterocycles. The summed E-state index contributed by atoms with van der Waals surface area (Å²) in [5.41, 5.74) is 7.61. The molecule has 2 aliphatic rings. The number of hydrogen-bond acceptors (Lipinski definition) is 7. The third kappa shape index (κ3) is 5.36. The molecule has 1 aromatic heterocycles. The van der Waals surface area contributed by atoms with Crippen LogP contribution in [0.3, 0.4) is 0 Å². The number of nitrogens with zero attached hydrogens (tertiary/aromatic N) is 4. The minimum Gasteiger partial charge on any atom is -0.485 e. The lowest BCUT2D eigenvalue weighted by Gasteiger charge is -2.22. The van der Waals surface area contributed by atoms with Crippen LogP contribution in [0.25, 0.3) is 11.3 Å². The van der Waals surface area contributed by atoms with Gasteiger partial charge in [-0.3, -0.25) is 4.79 Å². The Morgan fingerprint density at radius 2 is 2.02 bits per heavy atom. The van der Waals surface area contributed by atoms with E-state index >= 15 is 0 Å². The molecule has 0 spiro atoms. The van der Waals surface area contributed by atoms with Crippen LogP contribution in [-0.4, -0.2) is 51.2 Å². The highest BCUT2D eigenvalue weighted by molar-refractivity contribution is 6.05. The summed E-state index contributed by atoms with van der Waals surface area (Å²) < 4.78 is 35.4. The highest BCUT2D eigenvalue weighted by atomic mass is 19.1. The average molecular weight is 549 g/mol. The predicted molar refractivity (Wildman–Crippen MR) is 141 cm³/mol. The molecular weight excluding hydrogens is 522 g/mol. The van der Waals surface area contributed by atoms with E-state index in [1.807, 2.05) is 0 Å². The van der Waals surface area contributed by atoms with E-state index in [1.165, 1.54) is 24.5 Å². The molecule has 10 nitrogen and oxygen atoms in total. The van der Waals surface area contributed by atoms with Gasteiger partial charge in [-0.05, 0) is 67.5 Å². The summed E-state index contributed by atoms with van der Waals surface area (Å²) in [5.74, 6) is -2.30. The molecule has 0 radical (unpaired) electrons. The summed E-state index contributed by atoms with van der Waals surface area (Å²) in [6.45, 7) is 1.55. The lowest BCUT2D eigenvalue weighted by atomic mass is 10.0. The van der Waals surface area contributed by atoms with Gasteiger partial charge in [0.2, 0.25) is 0 Å². The smallest absolute Gasteiger partial charge is 0.407 e. The second kappa shape index (κ2) is 10.8. The van der Waals surface area contributed by atoms with Crippen molar-refractivity contribution in [1.82, 2.24) is 14.9 Å². The molecule has 206 valence electrons. The van der Waals surface area contributed by atoms with Gasteiger partial charge in [-0.2, -0.15) is 5.26 Å². The minimum absolute atomic E-state index is 0.000863. The second-order valence-electron chi connectivity index (χ2n) is 9.99. The van der Waals surface area contributed by atoms with Crippen molar-refractivity contribution in [2.75, 3.05) is 24.2 Å². The van der Waals surface area contributed by atoms with Crippen molar-refractivity contribution < 1.29 is 28.2 Å². The third-order valence-corrected chi connectivity index (χ3v) is 7.26. The van der Waals surface area contributed by atoms with Crippen LogP contribution in [0.4, 0.5) is 25.1 Å². The maximum Gasteiger partial charge on any atom is 0.407 e. The van der Waals surface area contributed by atoms with Gasteiger partial charge >= 0.3 is 6.09 Å². The first kappa shape index (κ1) is 26.8. The summed E-state index contributed by atoms with van der Waals surface area (Å²) in [7, 11) is 0. The molecule has 1 aliphatic carbocycles. The van der Waals surface area contributed by atoms with E-state index < -0.39 is 35.6 Å². The van der Waals surface area contributed by atoms with Gasteiger partial charge in [-0.25, -0.2) is 23.5 Å². The Labute approximate surface area is 228 Å². The average Bonchev–Trinajstić information content (AvgIpc) is 3.68. The molecule has 5 rings (SSSR count). The van der Waals surface area contributed by atoms with Gasteiger partial charge in [0.25, 0.3) is 5.91 Å². The van der Waals surface area contributed by atoms with E-state index in [4.69, 9.17) is 10.5 Å². The molecule has 1 saturated carbocycles. The van der Waals surface area contributed by atoms with Crippen LogP contribution in [0.5, 0.6) is 5.75 Å². The number of nitrogen functional groups attached to an aromatic ring is 1. The number of nitrogens with two attached hydrogens (primary N) is 1. The van der Waals surface area contributed by atoms with Gasteiger partial charge in [0.05, 0.1) is 23.6 Å². The number of likely N-dealkylation sites (tertiary alicyclic amines) is 1. The quantitative estimate of drug-likeness (QED) is 0.383. The lowest BCUT2D eigenvalue weighted by Crippen LogP contribution is -2.38. The van der Waals surface area contributed by atoms with Crippen molar-refractivity contribution in [3.63, 3.8) is 0 Å². The van der Waals surface area contributed by atoms with Crippen LogP contribution >= 0.6 is 0 Å². The molecule has 2 amide bonds. The first-order valence-electron chi connectivity index (χ1n) is 12.7. The number of nitriles is 1. The SMILES string of the molecule is Cc1c(NC(=O)c2ccc(C3CC3)cc2F)cc(F)cc1-c1ncnc(N)c1OCC1CC(C#N)CN1C(=O)O. The zero-order valence-electron chi connectivity index (χ0n) is 21.5. The fourth-order valence-electron chi connectivity index (χ4n) is 4.93. The maximum atomic E-state index is 14.8. The van der Waals surface area contributed by atoms with Crippen LogP contribution in [-0.2, 0) is 0 Å². The molecule has 4 N–H and O–H groups in total. The summed E-state index contributed by atoms with van der Waals surface area (Å²) >= 11 is 0. The number of carbonyl (C=O) groups is 2. The van der Waals surface area contributed by atoms with Gasteiger partial charge in [-0.15, -0.1) is 0 Å². The molecule has 1 saturated heterocycles. The normalized spacial score (nSPS) is 18.3. The van der Waals surface area contributed by atoms with E-state index in [2.05, 4.69) is 21.4 Å². The fraction of sp³-hybridized carbons (Fsp3) is 0.321. The number of rotatable bonds is 7. The van der Waals surface area contributed by atoms with Crippen molar-refractivity contribution in [3.05, 3.63) is 65.0 Å². The van der Waals surface area contributed by atoms with E-state index in [0.717, 1.165) is 29.4 Å². The molecule has 40 heavy (non-hydrogen) atoms. The number of carboxylic acid groups (broad SMARTS) is 1. The Kier molecular flexibility index (Phi) is 7.21. The topological polar surface area (TPSA) is 154 Å². The summed E-state index contributed by atoms with van der Waals surface area (Å²) in [6, 6.07) is 8.27. The Morgan fingerprint density at radius 1 is 1.25 bits per heavy atom. The molecule has 2 fully saturated rings. The Bertz CT molecular complexity index is 1540. The van der Waals surface area contributed by atoms with Crippen LogP contribution in [0.1, 0.15) is 46.7 Å². The number of anilines is 2. The number of carbonyl (C=O) groups excluding carboxylic acids is 1. The summed E-state index contributed by atoms with van der Waals surface area (Å²) in [5, 5.41) is 21.3. The van der Waals surface area contributed by atoms with Gasteiger partial charge in [0.1, 0.15) is 30.3 Å². The maximum absolute atomic E-state index is 14.8. The van der Waals surface area contributed by atoms with Crippen molar-refractivity contribution >= 4 is 23.5 Å². The van der Waals surface area contributed by atoms with Crippen LogP contribution in [0.15, 0.2) is 36.7 Å². The number of hydrogen-bond donors (Lipinski definition) is 3. The van der Waals surface area contributed by atoms with Crippen molar-refractivity contribution in [3.8, 4) is 23.1 Å². The van der Waals surface area contributed by atoms with Crippen LogP contribution < -0.4 is 15.8 Å². The molecule has 2 atom stereocenters. The molecule has 2 aromatic carbocycles. The van der Waals surface area contributed by atoms with Crippen molar-refractivity contribution in [2.24, 2.45) is 5.92 Å². The minimum atomic E-state index is -1.18. The van der Waals surface area contributed by atoms with Crippen LogP contribution in [0, 0.1) is 35.8 Å². The number of benzene rings is 2. The largest absolute Gasteiger partial charge is 0.485 e. The van der Waals surface area contributed by atoms with Gasteiger partial charge < -0.3 is 25.8 Å². The monoisotopic (exact) mass is 548 g/mol. The van der Waals surface area contributed by atoms with Crippen LogP contribution in [0.2, 0.25) is 0 Å². The molecule has 12 heteroatoms. The van der Waals surface area contributed by atoms with Crippen molar-refractivity contribution in [1.29, 1.82) is 5.26 Å². The Hall–Kier alpha value is -4.79. The highest BCUT2D eigenvalue weighted by Gasteiger charge is 2.36. The first-order valence-corrected chi connectivity index (χ1v) is 12.7. The Balaban J connectivity index is 1.42. The number of aromatic nitrogens is 2. The van der Waals surface area contributed by atoms with E-state index in [1.54, 1.807) is 13.0 Å². The summed E-state index contributed by atoms with van der Waals surface area (Å²) in [6.07, 6.45) is 2.26. The zero-order chi connectivity index (χ0) is 28.6. The second-order valence-corrected chi connectivity index (χ2v) is 9.99. The van der Waals surface area contributed by atoms with E-state index in [0.29, 0.717) is 11.5 Å². The number of ether oxygens (including phenoxy) is 1. The molecular formula is C28H26F2N6O4. The summed E-state index contributed by atoms with van der Waals surface area (Å²) in [4.78, 5) is 33.9. The van der Waals surface area contributed by atoms with Gasteiger partial charge in [0, 0.05) is 17.8 Å². The fourth-order valence-corrected chi connectivity index (χ4v) is 4.93. The van der Waals surface area contributed by atoms with Crippen molar-refractivity contribution in [2.45, 2.75) is 38.1 Å². The standard InChI is InChI=1S/C28H26F2N6O4/c1-14-21(8-18(29)9-23(14)35-27(37)20-5-4-17(7-22(20)30)16-2-3-16)24-25(26(32)34-13-33-24)40-12-19-6-15(10-31)11-36(19)28(38)39/h4-5,7-9,13,15-16,19H,2-3,6,11-12H2,1H3,(H,35,37)(H,38,39)(H2,32,33,34).